The summed E-state index contributed by atoms with van der Waals surface area (Å²) in [7, 11) is -3.17. The maximum atomic E-state index is 11.6. The molecule has 31 heavy (non-hydrogen) atoms. The van der Waals surface area contributed by atoms with Gasteiger partial charge in [0, 0.05) is 25.0 Å². The number of aryl methyl sites for hydroxylation is 1. The Bertz CT molecular complexity index is 940. The van der Waals surface area contributed by atoms with E-state index in [1.807, 2.05) is 0 Å². The molecular weight excluding hydrogens is 410 g/mol. The van der Waals surface area contributed by atoms with Crippen molar-refractivity contribution in [3.8, 4) is 5.75 Å². The number of piperidine rings is 1. The molecule has 1 aliphatic carbocycles. The Morgan fingerprint density at radius 1 is 0.774 bits per heavy atom. The second kappa shape index (κ2) is 9.61. The van der Waals surface area contributed by atoms with Gasteiger partial charge in [-0.2, -0.15) is 0 Å². The number of anilines is 1. The summed E-state index contributed by atoms with van der Waals surface area (Å²) in [6.45, 7) is 4.23. The quantitative estimate of drug-likeness (QED) is 0.643. The zero-order valence-electron chi connectivity index (χ0n) is 18.5. The van der Waals surface area contributed by atoms with Crippen molar-refractivity contribution in [3.05, 3.63) is 54.1 Å². The molecule has 168 valence electrons. The van der Waals surface area contributed by atoms with Crippen LogP contribution in [0, 0.1) is 6.92 Å². The normalized spacial score (nSPS) is 23.0. The molecular formula is C25H33NO4S. The SMILES string of the molecule is Cc1ccc(N2CCC(OC3CCC(Oc4ccc(S(C)(=O)=O)cc4)CC3)CC2)cc1. The molecule has 2 aromatic rings. The van der Waals surface area contributed by atoms with E-state index in [4.69, 9.17) is 9.47 Å². The average Bonchev–Trinajstić information content (AvgIpc) is 2.76. The minimum absolute atomic E-state index is 0.173. The summed E-state index contributed by atoms with van der Waals surface area (Å²) in [6.07, 6.45) is 8.21. The first-order valence-corrected chi connectivity index (χ1v) is 13.2. The Kier molecular flexibility index (Phi) is 6.87. The molecule has 4 rings (SSSR count). The topological polar surface area (TPSA) is 55.8 Å². The van der Waals surface area contributed by atoms with Crippen LogP contribution in [0.4, 0.5) is 5.69 Å². The molecule has 0 radical (unpaired) electrons. The van der Waals surface area contributed by atoms with Gasteiger partial charge in [-0.3, -0.25) is 0 Å². The molecule has 6 heteroatoms. The van der Waals surface area contributed by atoms with Crippen molar-refractivity contribution in [3.63, 3.8) is 0 Å². The Morgan fingerprint density at radius 3 is 1.90 bits per heavy atom. The highest BCUT2D eigenvalue weighted by atomic mass is 32.2. The Labute approximate surface area is 186 Å². The van der Waals surface area contributed by atoms with Gasteiger partial charge in [0.2, 0.25) is 0 Å². The predicted octanol–water partition coefficient (Wildman–Crippen LogP) is 4.77. The second-order valence-corrected chi connectivity index (χ2v) is 10.9. The summed E-state index contributed by atoms with van der Waals surface area (Å²) in [5.41, 5.74) is 2.61. The van der Waals surface area contributed by atoms with E-state index in [1.165, 1.54) is 17.5 Å². The summed E-state index contributed by atoms with van der Waals surface area (Å²) in [5, 5.41) is 0. The summed E-state index contributed by atoms with van der Waals surface area (Å²) in [5.74, 6) is 0.736. The molecule has 0 unspecified atom stereocenters. The lowest BCUT2D eigenvalue weighted by atomic mass is 9.94. The van der Waals surface area contributed by atoms with Crippen LogP contribution < -0.4 is 9.64 Å². The van der Waals surface area contributed by atoms with Gasteiger partial charge in [-0.1, -0.05) is 17.7 Å². The molecule has 0 bridgehead atoms. The molecule has 0 N–H and O–H groups in total. The smallest absolute Gasteiger partial charge is 0.175 e. The van der Waals surface area contributed by atoms with Crippen LogP contribution >= 0.6 is 0 Å². The molecule has 0 atom stereocenters. The number of hydrogen-bond donors (Lipinski definition) is 0. The van der Waals surface area contributed by atoms with Gasteiger partial charge in [-0.25, -0.2) is 8.42 Å². The minimum Gasteiger partial charge on any atom is -0.490 e. The monoisotopic (exact) mass is 443 g/mol. The third-order valence-electron chi connectivity index (χ3n) is 6.40. The molecule has 1 saturated carbocycles. The third-order valence-corrected chi connectivity index (χ3v) is 7.53. The summed E-state index contributed by atoms with van der Waals surface area (Å²) < 4.78 is 35.7. The van der Waals surface area contributed by atoms with Crippen LogP contribution in [0.5, 0.6) is 5.75 Å². The second-order valence-electron chi connectivity index (χ2n) is 8.92. The lowest BCUT2D eigenvalue weighted by Gasteiger charge is -2.37. The van der Waals surface area contributed by atoms with Crippen molar-refractivity contribution >= 4 is 15.5 Å². The Balaban J connectivity index is 1.19. The van der Waals surface area contributed by atoms with Crippen LogP contribution in [0.2, 0.25) is 0 Å². The van der Waals surface area contributed by atoms with Crippen LogP contribution in [0.25, 0.3) is 0 Å². The van der Waals surface area contributed by atoms with Crippen molar-refractivity contribution in [2.24, 2.45) is 0 Å². The zero-order valence-corrected chi connectivity index (χ0v) is 19.3. The summed E-state index contributed by atoms with van der Waals surface area (Å²) >= 11 is 0. The van der Waals surface area contributed by atoms with Crippen LogP contribution in [-0.2, 0) is 14.6 Å². The molecule has 1 saturated heterocycles. The predicted molar refractivity (Wildman–Crippen MR) is 124 cm³/mol. The van der Waals surface area contributed by atoms with Crippen molar-refractivity contribution < 1.29 is 17.9 Å². The molecule has 0 spiro atoms. The number of rotatable bonds is 6. The van der Waals surface area contributed by atoms with Crippen molar-refractivity contribution in [1.29, 1.82) is 0 Å². The van der Waals surface area contributed by atoms with Gasteiger partial charge in [-0.05, 0) is 81.8 Å². The van der Waals surface area contributed by atoms with E-state index in [0.717, 1.165) is 57.4 Å². The third kappa shape index (κ3) is 6.01. The van der Waals surface area contributed by atoms with E-state index < -0.39 is 9.84 Å². The van der Waals surface area contributed by atoms with Crippen LogP contribution in [0.1, 0.15) is 44.1 Å². The Hall–Kier alpha value is -2.05. The number of benzene rings is 2. The van der Waals surface area contributed by atoms with Gasteiger partial charge >= 0.3 is 0 Å². The van der Waals surface area contributed by atoms with Gasteiger partial charge in [-0.15, -0.1) is 0 Å². The lowest BCUT2D eigenvalue weighted by Crippen LogP contribution is -2.39. The van der Waals surface area contributed by atoms with Gasteiger partial charge in [0.25, 0.3) is 0 Å². The van der Waals surface area contributed by atoms with Crippen LogP contribution in [-0.4, -0.2) is 46.1 Å². The van der Waals surface area contributed by atoms with E-state index in [9.17, 15) is 8.42 Å². The summed E-state index contributed by atoms with van der Waals surface area (Å²) in [6, 6.07) is 15.5. The van der Waals surface area contributed by atoms with E-state index in [-0.39, 0.29) is 6.10 Å². The fourth-order valence-electron chi connectivity index (χ4n) is 4.52. The maximum Gasteiger partial charge on any atom is 0.175 e. The highest BCUT2D eigenvalue weighted by Gasteiger charge is 2.27. The molecule has 1 aliphatic heterocycles. The zero-order chi connectivity index (χ0) is 21.8. The lowest BCUT2D eigenvalue weighted by molar-refractivity contribution is -0.0527. The van der Waals surface area contributed by atoms with Gasteiger partial charge in [0.15, 0.2) is 9.84 Å². The van der Waals surface area contributed by atoms with Gasteiger partial charge in [0.05, 0.1) is 23.2 Å². The highest BCUT2D eigenvalue weighted by molar-refractivity contribution is 7.90. The number of hydrogen-bond acceptors (Lipinski definition) is 5. The van der Waals surface area contributed by atoms with Gasteiger partial charge < -0.3 is 14.4 Å². The number of nitrogens with zero attached hydrogens (tertiary/aromatic N) is 1. The Morgan fingerprint density at radius 2 is 1.32 bits per heavy atom. The number of ether oxygens (including phenoxy) is 2. The van der Waals surface area contributed by atoms with Crippen LogP contribution in [0.15, 0.2) is 53.4 Å². The largest absolute Gasteiger partial charge is 0.490 e. The van der Waals surface area contributed by atoms with E-state index >= 15 is 0 Å². The molecule has 1 heterocycles. The minimum atomic E-state index is -3.17. The number of sulfone groups is 1. The molecule has 0 amide bonds. The van der Waals surface area contributed by atoms with E-state index in [0.29, 0.717) is 17.1 Å². The van der Waals surface area contributed by atoms with Crippen molar-refractivity contribution in [2.45, 2.75) is 68.7 Å². The highest BCUT2D eigenvalue weighted by Crippen LogP contribution is 2.29. The molecule has 5 nitrogen and oxygen atoms in total. The first kappa shape index (κ1) is 22.2. The summed E-state index contributed by atoms with van der Waals surface area (Å²) in [4.78, 5) is 2.78. The standard InChI is InChI=1S/C25H33NO4S/c1-19-3-5-20(6-4-19)26-17-15-24(16-18-26)30-22-9-7-21(8-10-22)29-23-11-13-25(14-12-23)31(2,27)28/h3-6,11-14,21-22,24H,7-10,15-18H2,1-2H3. The molecule has 2 aromatic carbocycles. The molecule has 2 fully saturated rings. The maximum absolute atomic E-state index is 11.6. The fourth-order valence-corrected chi connectivity index (χ4v) is 5.15. The van der Waals surface area contributed by atoms with Crippen LogP contribution in [0.3, 0.4) is 0 Å². The first-order valence-electron chi connectivity index (χ1n) is 11.3. The van der Waals surface area contributed by atoms with Gasteiger partial charge in [0.1, 0.15) is 5.75 Å². The molecule has 2 aliphatic rings. The van der Waals surface area contributed by atoms with E-state index in [1.54, 1.807) is 24.3 Å². The fraction of sp³-hybridized carbons (Fsp3) is 0.520. The molecule has 0 aromatic heterocycles. The van der Waals surface area contributed by atoms with E-state index in [2.05, 4.69) is 36.1 Å². The first-order chi connectivity index (χ1) is 14.9. The average molecular weight is 444 g/mol. The van der Waals surface area contributed by atoms with Crippen molar-refractivity contribution in [2.75, 3.05) is 24.2 Å². The van der Waals surface area contributed by atoms with Crippen molar-refractivity contribution in [1.82, 2.24) is 0 Å².